The molecule has 0 spiro atoms. The minimum atomic E-state index is -0.134. The number of hydrogen-bond donors (Lipinski definition) is 1. The van der Waals surface area contributed by atoms with Crippen molar-refractivity contribution in [2.24, 2.45) is 0 Å². The zero-order chi connectivity index (χ0) is 17.9. The van der Waals surface area contributed by atoms with Crippen LogP contribution in [0.25, 0.3) is 28.2 Å². The molecule has 0 aliphatic carbocycles. The summed E-state index contributed by atoms with van der Waals surface area (Å²) in [5, 5.41) is 4.12. The highest BCUT2D eigenvalue weighted by Gasteiger charge is 2.25. The molecule has 2 aromatic carbocycles. The van der Waals surface area contributed by atoms with Gasteiger partial charge in [0.2, 0.25) is 0 Å². The Morgan fingerprint density at radius 1 is 1.15 bits per heavy atom. The van der Waals surface area contributed by atoms with Crippen molar-refractivity contribution >= 4 is 23.3 Å². The summed E-state index contributed by atoms with van der Waals surface area (Å²) in [6.07, 6.45) is 3.40. The van der Waals surface area contributed by atoms with Gasteiger partial charge in [0.05, 0.1) is 17.3 Å². The van der Waals surface area contributed by atoms with Crippen LogP contribution >= 0.6 is 0 Å². The monoisotopic (exact) mass is 344 g/mol. The van der Waals surface area contributed by atoms with E-state index < -0.39 is 0 Å². The number of benzene rings is 2. The van der Waals surface area contributed by atoms with Crippen LogP contribution in [0.1, 0.15) is 12.0 Å². The molecule has 4 nitrogen and oxygen atoms in total. The highest BCUT2D eigenvalue weighted by Crippen LogP contribution is 2.32. The maximum absolute atomic E-state index is 11.0. The minimum absolute atomic E-state index is 0.0354. The average Bonchev–Trinajstić information content (AvgIpc) is 3.16. The molecule has 1 aromatic heterocycles. The molecule has 1 aliphatic rings. The SMILES string of the molecule is C=Cc1ccc2nc(-c3ccccc3)cc(O[C@H]3CN[C@H](C=O)C3)c2c1. The summed E-state index contributed by atoms with van der Waals surface area (Å²) in [5.41, 5.74) is 3.82. The standard InChI is InChI=1S/C22H20N2O2/c1-2-15-8-9-20-19(10-15)22(26-18-11-17(14-25)23-13-18)12-21(24-20)16-6-4-3-5-7-16/h2-10,12,14,17-18,23H,1,11,13H2/t17-,18+/m0/s1. The number of fused-ring (bicyclic) bond motifs is 1. The predicted molar refractivity (Wildman–Crippen MR) is 104 cm³/mol. The topological polar surface area (TPSA) is 51.2 Å². The first-order chi connectivity index (χ1) is 12.8. The van der Waals surface area contributed by atoms with Crippen molar-refractivity contribution in [1.29, 1.82) is 0 Å². The number of hydrogen-bond acceptors (Lipinski definition) is 4. The summed E-state index contributed by atoms with van der Waals surface area (Å²) < 4.78 is 6.29. The summed E-state index contributed by atoms with van der Waals surface area (Å²) in [6, 6.07) is 17.9. The van der Waals surface area contributed by atoms with Gasteiger partial charge in [0.25, 0.3) is 0 Å². The van der Waals surface area contributed by atoms with Crippen LogP contribution in [-0.2, 0) is 4.79 Å². The molecule has 2 heterocycles. The molecule has 3 aromatic rings. The maximum atomic E-state index is 11.0. The van der Waals surface area contributed by atoms with Crippen molar-refractivity contribution in [3.63, 3.8) is 0 Å². The normalized spacial score (nSPS) is 19.4. The Bertz CT molecular complexity index is 953. The highest BCUT2D eigenvalue weighted by molar-refractivity contribution is 5.89. The smallest absolute Gasteiger partial charge is 0.137 e. The summed E-state index contributed by atoms with van der Waals surface area (Å²) in [4.78, 5) is 15.8. The Hall–Kier alpha value is -2.98. The molecule has 1 aliphatic heterocycles. The van der Waals surface area contributed by atoms with E-state index in [0.29, 0.717) is 13.0 Å². The lowest BCUT2D eigenvalue weighted by Crippen LogP contribution is -2.23. The average molecular weight is 344 g/mol. The number of pyridine rings is 1. The zero-order valence-corrected chi connectivity index (χ0v) is 14.4. The van der Waals surface area contributed by atoms with Crippen LogP contribution in [0.4, 0.5) is 0 Å². The van der Waals surface area contributed by atoms with E-state index in [9.17, 15) is 4.79 Å². The first-order valence-corrected chi connectivity index (χ1v) is 8.75. The van der Waals surface area contributed by atoms with Gasteiger partial charge in [-0.15, -0.1) is 0 Å². The van der Waals surface area contributed by atoms with E-state index in [0.717, 1.165) is 39.8 Å². The molecule has 2 atom stereocenters. The van der Waals surface area contributed by atoms with E-state index in [-0.39, 0.29) is 12.1 Å². The minimum Gasteiger partial charge on any atom is -0.488 e. The van der Waals surface area contributed by atoms with E-state index in [4.69, 9.17) is 9.72 Å². The molecule has 4 rings (SSSR count). The number of carbonyl (C=O) groups is 1. The molecule has 0 bridgehead atoms. The summed E-state index contributed by atoms with van der Waals surface area (Å²) in [7, 11) is 0. The van der Waals surface area contributed by atoms with E-state index in [2.05, 4.69) is 11.9 Å². The van der Waals surface area contributed by atoms with Crippen molar-refractivity contribution in [2.45, 2.75) is 18.6 Å². The third kappa shape index (κ3) is 3.24. The van der Waals surface area contributed by atoms with E-state index in [1.165, 1.54) is 0 Å². The van der Waals surface area contributed by atoms with E-state index in [1.54, 1.807) is 0 Å². The van der Waals surface area contributed by atoms with Crippen LogP contribution in [-0.4, -0.2) is 30.0 Å². The van der Waals surface area contributed by atoms with Crippen LogP contribution < -0.4 is 10.1 Å². The van der Waals surface area contributed by atoms with Gasteiger partial charge in [-0.2, -0.15) is 0 Å². The lowest BCUT2D eigenvalue weighted by molar-refractivity contribution is -0.109. The lowest BCUT2D eigenvalue weighted by Gasteiger charge is -2.16. The molecule has 0 radical (unpaired) electrons. The van der Waals surface area contributed by atoms with Gasteiger partial charge in [-0.05, 0) is 17.7 Å². The van der Waals surface area contributed by atoms with Crippen LogP contribution in [0, 0.1) is 0 Å². The fraction of sp³-hybridized carbons (Fsp3) is 0.182. The molecular weight excluding hydrogens is 324 g/mol. The number of carbonyl (C=O) groups excluding carboxylic acids is 1. The Balaban J connectivity index is 1.79. The van der Waals surface area contributed by atoms with E-state index >= 15 is 0 Å². The van der Waals surface area contributed by atoms with Gasteiger partial charge in [0, 0.05) is 30.0 Å². The predicted octanol–water partition coefficient (Wildman–Crippen LogP) is 3.85. The number of ether oxygens (including phenoxy) is 1. The van der Waals surface area contributed by atoms with Crippen LogP contribution in [0.2, 0.25) is 0 Å². The van der Waals surface area contributed by atoms with Crippen molar-refractivity contribution in [1.82, 2.24) is 10.3 Å². The van der Waals surface area contributed by atoms with Gasteiger partial charge >= 0.3 is 0 Å². The molecule has 0 saturated carbocycles. The van der Waals surface area contributed by atoms with Gasteiger partial charge in [0.15, 0.2) is 0 Å². The number of nitrogens with zero attached hydrogens (tertiary/aromatic N) is 1. The van der Waals surface area contributed by atoms with Crippen molar-refractivity contribution in [3.05, 3.63) is 66.7 Å². The fourth-order valence-corrected chi connectivity index (χ4v) is 3.30. The van der Waals surface area contributed by atoms with Crippen LogP contribution in [0.15, 0.2) is 61.2 Å². The van der Waals surface area contributed by atoms with Gasteiger partial charge in [0.1, 0.15) is 18.1 Å². The van der Waals surface area contributed by atoms with Crippen molar-refractivity contribution in [2.75, 3.05) is 6.54 Å². The quantitative estimate of drug-likeness (QED) is 0.714. The molecule has 26 heavy (non-hydrogen) atoms. The largest absolute Gasteiger partial charge is 0.488 e. The Morgan fingerprint density at radius 2 is 2.00 bits per heavy atom. The fourth-order valence-electron chi connectivity index (χ4n) is 3.30. The second-order valence-corrected chi connectivity index (χ2v) is 6.48. The first kappa shape index (κ1) is 16.5. The van der Waals surface area contributed by atoms with Gasteiger partial charge in [-0.25, -0.2) is 4.98 Å². The molecule has 130 valence electrons. The lowest BCUT2D eigenvalue weighted by atomic mass is 10.1. The van der Waals surface area contributed by atoms with Crippen molar-refractivity contribution in [3.8, 4) is 17.0 Å². The third-order valence-electron chi connectivity index (χ3n) is 4.68. The second kappa shape index (κ2) is 7.10. The Kier molecular flexibility index (Phi) is 4.50. The van der Waals surface area contributed by atoms with Gasteiger partial charge < -0.3 is 14.8 Å². The second-order valence-electron chi connectivity index (χ2n) is 6.48. The van der Waals surface area contributed by atoms with E-state index in [1.807, 2.05) is 60.7 Å². The molecule has 1 N–H and O–H groups in total. The van der Waals surface area contributed by atoms with Gasteiger partial charge in [-0.3, -0.25) is 0 Å². The highest BCUT2D eigenvalue weighted by atomic mass is 16.5. The molecule has 1 saturated heterocycles. The maximum Gasteiger partial charge on any atom is 0.137 e. The number of rotatable bonds is 5. The summed E-state index contributed by atoms with van der Waals surface area (Å²) in [5.74, 6) is 0.788. The van der Waals surface area contributed by atoms with Crippen LogP contribution in [0.3, 0.4) is 0 Å². The summed E-state index contributed by atoms with van der Waals surface area (Å²) in [6.45, 7) is 4.51. The number of aldehydes is 1. The molecular formula is C22H20N2O2. The van der Waals surface area contributed by atoms with Crippen LogP contribution in [0.5, 0.6) is 5.75 Å². The molecule has 0 amide bonds. The summed E-state index contributed by atoms with van der Waals surface area (Å²) >= 11 is 0. The number of nitrogens with one attached hydrogen (secondary N) is 1. The van der Waals surface area contributed by atoms with Gasteiger partial charge in [-0.1, -0.05) is 49.1 Å². The van der Waals surface area contributed by atoms with Crippen molar-refractivity contribution < 1.29 is 9.53 Å². The molecule has 1 fully saturated rings. The molecule has 0 unspecified atom stereocenters. The molecule has 4 heteroatoms. The zero-order valence-electron chi connectivity index (χ0n) is 14.4. The third-order valence-corrected chi connectivity index (χ3v) is 4.68. The Labute approximate surface area is 152 Å². The first-order valence-electron chi connectivity index (χ1n) is 8.75. The Morgan fingerprint density at radius 3 is 2.73 bits per heavy atom. The number of aromatic nitrogens is 1.